The Labute approximate surface area is 187 Å². The van der Waals surface area contributed by atoms with Gasteiger partial charge in [-0.2, -0.15) is 10.1 Å². The summed E-state index contributed by atoms with van der Waals surface area (Å²) < 4.78 is 7.20. The number of methoxy groups -OCH3 is 1. The summed E-state index contributed by atoms with van der Waals surface area (Å²) in [6, 6.07) is 25.6. The van der Waals surface area contributed by atoms with E-state index in [-0.39, 0.29) is 18.0 Å². The molecule has 2 atom stereocenters. The Morgan fingerprint density at radius 1 is 0.938 bits per heavy atom. The molecule has 5 rings (SSSR count). The van der Waals surface area contributed by atoms with Gasteiger partial charge in [0.15, 0.2) is 0 Å². The zero-order valence-corrected chi connectivity index (χ0v) is 18.1. The molecule has 160 valence electrons. The fraction of sp³-hybridized carbons (Fsp3) is 0.192. The fourth-order valence-corrected chi connectivity index (χ4v) is 4.35. The van der Waals surface area contributed by atoms with Gasteiger partial charge in [-0.1, -0.05) is 66.2 Å². The second kappa shape index (κ2) is 8.30. The Morgan fingerprint density at radius 3 is 2.44 bits per heavy atom. The lowest BCUT2D eigenvalue weighted by atomic mass is 9.91. The summed E-state index contributed by atoms with van der Waals surface area (Å²) in [5.41, 5.74) is 3.97. The molecule has 0 spiro atoms. The lowest BCUT2D eigenvalue weighted by Crippen LogP contribution is -2.42. The average Bonchev–Trinajstić information content (AvgIpc) is 3.33. The van der Waals surface area contributed by atoms with Crippen molar-refractivity contribution in [1.82, 2.24) is 14.8 Å². The molecule has 1 aromatic heterocycles. The number of amides is 1. The van der Waals surface area contributed by atoms with Crippen LogP contribution >= 0.6 is 0 Å². The van der Waals surface area contributed by atoms with Gasteiger partial charge in [-0.15, -0.1) is 0 Å². The first-order chi connectivity index (χ1) is 15.7. The van der Waals surface area contributed by atoms with E-state index in [1.807, 2.05) is 35.0 Å². The molecule has 2 heterocycles. The van der Waals surface area contributed by atoms with Crippen molar-refractivity contribution in [2.75, 3.05) is 12.0 Å². The Bertz CT molecular complexity index is 1230. The number of carbonyl (C=O) groups is 1. The first-order valence-corrected chi connectivity index (χ1v) is 10.6. The molecule has 0 saturated carbocycles. The van der Waals surface area contributed by atoms with Gasteiger partial charge < -0.3 is 4.74 Å². The summed E-state index contributed by atoms with van der Waals surface area (Å²) >= 11 is 0. The molecule has 6 nitrogen and oxygen atoms in total. The van der Waals surface area contributed by atoms with Crippen LogP contribution in [0.3, 0.4) is 0 Å². The number of nitrogens with zero attached hydrogens (tertiary/aromatic N) is 4. The summed E-state index contributed by atoms with van der Waals surface area (Å²) in [5.74, 6) is 1.06. The molecule has 2 unspecified atom stereocenters. The highest BCUT2D eigenvalue weighted by molar-refractivity contribution is 6.06. The molecule has 1 amide bonds. The van der Waals surface area contributed by atoms with Crippen LogP contribution in [0.4, 0.5) is 5.95 Å². The Morgan fingerprint density at radius 2 is 1.69 bits per heavy atom. The molecular weight excluding hydrogens is 400 g/mol. The van der Waals surface area contributed by atoms with Crippen molar-refractivity contribution in [3.63, 3.8) is 0 Å². The molecular formula is C26H24N4O2. The van der Waals surface area contributed by atoms with Crippen molar-refractivity contribution in [1.29, 1.82) is 0 Å². The van der Waals surface area contributed by atoms with Crippen LogP contribution < -0.4 is 9.64 Å². The number of aromatic nitrogens is 3. The van der Waals surface area contributed by atoms with Gasteiger partial charge in [-0.05, 0) is 42.7 Å². The van der Waals surface area contributed by atoms with Gasteiger partial charge in [-0.3, -0.25) is 9.69 Å². The van der Waals surface area contributed by atoms with Gasteiger partial charge >= 0.3 is 0 Å². The lowest BCUT2D eigenvalue weighted by Gasteiger charge is -2.39. The van der Waals surface area contributed by atoms with Gasteiger partial charge in [0.25, 0.3) is 5.91 Å². The molecule has 32 heavy (non-hydrogen) atoms. The predicted molar refractivity (Wildman–Crippen MR) is 123 cm³/mol. The normalized spacial score (nSPS) is 17.6. The first kappa shape index (κ1) is 20.0. The molecule has 1 aliphatic rings. The van der Waals surface area contributed by atoms with Gasteiger partial charge in [0.2, 0.25) is 5.95 Å². The van der Waals surface area contributed by atoms with Crippen LogP contribution in [0.2, 0.25) is 0 Å². The zero-order chi connectivity index (χ0) is 22.1. The second-order valence-electron chi connectivity index (χ2n) is 8.00. The van der Waals surface area contributed by atoms with E-state index in [0.717, 1.165) is 11.1 Å². The second-order valence-corrected chi connectivity index (χ2v) is 8.00. The zero-order valence-electron chi connectivity index (χ0n) is 18.1. The lowest BCUT2D eigenvalue weighted by molar-refractivity contribution is 0.0963. The Balaban J connectivity index is 1.63. The van der Waals surface area contributed by atoms with Crippen molar-refractivity contribution < 1.29 is 9.53 Å². The summed E-state index contributed by atoms with van der Waals surface area (Å²) in [4.78, 5) is 20.1. The van der Waals surface area contributed by atoms with Crippen molar-refractivity contribution >= 4 is 11.9 Å². The molecule has 6 heteroatoms. The van der Waals surface area contributed by atoms with E-state index in [9.17, 15) is 4.79 Å². The van der Waals surface area contributed by atoms with E-state index < -0.39 is 0 Å². The average molecular weight is 425 g/mol. The fourth-order valence-electron chi connectivity index (χ4n) is 4.35. The Kier molecular flexibility index (Phi) is 5.19. The van der Waals surface area contributed by atoms with Gasteiger partial charge in [0.05, 0.1) is 19.2 Å². The van der Waals surface area contributed by atoms with Crippen LogP contribution in [0, 0.1) is 6.92 Å². The topological polar surface area (TPSA) is 60.2 Å². The van der Waals surface area contributed by atoms with Crippen LogP contribution in [0.1, 0.15) is 45.6 Å². The maximum atomic E-state index is 13.8. The summed E-state index contributed by atoms with van der Waals surface area (Å²) in [7, 11) is 1.60. The molecule has 1 aliphatic heterocycles. The third kappa shape index (κ3) is 3.54. The first-order valence-electron chi connectivity index (χ1n) is 10.6. The van der Waals surface area contributed by atoms with Gasteiger partial charge in [-0.25, -0.2) is 4.68 Å². The van der Waals surface area contributed by atoms with E-state index >= 15 is 0 Å². The van der Waals surface area contributed by atoms with Crippen molar-refractivity contribution in [3.8, 4) is 5.75 Å². The number of hydrogen-bond acceptors (Lipinski definition) is 4. The van der Waals surface area contributed by atoms with Gasteiger partial charge in [0, 0.05) is 5.56 Å². The van der Waals surface area contributed by atoms with Gasteiger partial charge in [0.1, 0.15) is 12.1 Å². The van der Waals surface area contributed by atoms with Crippen LogP contribution in [-0.4, -0.2) is 27.8 Å². The van der Waals surface area contributed by atoms with E-state index in [1.54, 1.807) is 24.1 Å². The highest BCUT2D eigenvalue weighted by Crippen LogP contribution is 2.42. The van der Waals surface area contributed by atoms with Crippen molar-refractivity contribution in [2.45, 2.75) is 25.4 Å². The smallest absolute Gasteiger partial charge is 0.261 e. The molecule has 0 N–H and O–H groups in total. The maximum absolute atomic E-state index is 13.8. The minimum Gasteiger partial charge on any atom is -0.497 e. The van der Waals surface area contributed by atoms with Crippen LogP contribution in [-0.2, 0) is 0 Å². The number of ether oxygens (including phenoxy) is 1. The van der Waals surface area contributed by atoms with E-state index in [4.69, 9.17) is 4.74 Å². The highest BCUT2D eigenvalue weighted by atomic mass is 16.5. The minimum atomic E-state index is -0.182. The molecule has 4 aromatic rings. The molecule has 0 radical (unpaired) electrons. The van der Waals surface area contributed by atoms with Crippen molar-refractivity contribution in [2.24, 2.45) is 0 Å². The van der Waals surface area contributed by atoms with Crippen LogP contribution in [0.25, 0.3) is 0 Å². The molecule has 0 saturated heterocycles. The largest absolute Gasteiger partial charge is 0.497 e. The number of aryl methyl sites for hydroxylation is 1. The third-order valence-electron chi connectivity index (χ3n) is 6.01. The van der Waals surface area contributed by atoms with E-state index in [1.165, 1.54) is 11.9 Å². The number of benzene rings is 3. The SMILES string of the molecule is COc1cccc(C(=O)N2c3ncnn3C(c3ccc(C)cc3)CC2c2ccccc2)c1. The molecule has 0 aliphatic carbocycles. The predicted octanol–water partition coefficient (Wildman–Crippen LogP) is 4.98. The molecule has 0 fully saturated rings. The summed E-state index contributed by atoms with van der Waals surface area (Å²) in [5, 5.41) is 4.51. The molecule has 3 aromatic carbocycles. The number of carbonyl (C=O) groups excluding carboxylic acids is 1. The van der Waals surface area contributed by atoms with Crippen LogP contribution in [0.5, 0.6) is 5.75 Å². The number of fused-ring (bicyclic) bond motifs is 1. The van der Waals surface area contributed by atoms with Crippen molar-refractivity contribution in [3.05, 3.63) is 107 Å². The third-order valence-corrected chi connectivity index (χ3v) is 6.01. The number of rotatable bonds is 4. The standard InChI is InChI=1S/C26H24N4O2/c1-18-11-13-20(14-12-18)24-16-23(19-7-4-3-5-8-19)29(26-27-17-28-30(24)26)25(31)21-9-6-10-22(15-21)32-2/h3-15,17,23-24H,16H2,1-2H3. The maximum Gasteiger partial charge on any atom is 0.261 e. The van der Waals surface area contributed by atoms with E-state index in [0.29, 0.717) is 23.7 Å². The molecule has 0 bridgehead atoms. The van der Waals surface area contributed by atoms with Crippen LogP contribution in [0.15, 0.2) is 85.2 Å². The summed E-state index contributed by atoms with van der Waals surface area (Å²) in [6.45, 7) is 2.08. The summed E-state index contributed by atoms with van der Waals surface area (Å²) in [6.07, 6.45) is 2.22. The quantitative estimate of drug-likeness (QED) is 0.464. The minimum absolute atomic E-state index is 0.0207. The van der Waals surface area contributed by atoms with E-state index in [2.05, 4.69) is 53.4 Å². The number of anilines is 1. The number of hydrogen-bond donors (Lipinski definition) is 0. The monoisotopic (exact) mass is 424 g/mol. The highest BCUT2D eigenvalue weighted by Gasteiger charge is 2.39. The Hall–Kier alpha value is -3.93.